The summed E-state index contributed by atoms with van der Waals surface area (Å²) in [7, 11) is 0. The molecule has 0 saturated carbocycles. The predicted octanol–water partition coefficient (Wildman–Crippen LogP) is 5.84. The van der Waals surface area contributed by atoms with Crippen LogP contribution in [0.1, 0.15) is 30.4 Å². The van der Waals surface area contributed by atoms with Gasteiger partial charge in [0.05, 0.1) is 0 Å². The van der Waals surface area contributed by atoms with E-state index in [1.54, 1.807) is 12.1 Å². The Morgan fingerprint density at radius 2 is 1.83 bits per heavy atom. The molecule has 1 aliphatic rings. The second kappa shape index (κ2) is 6.61. The van der Waals surface area contributed by atoms with Crippen molar-refractivity contribution in [2.45, 2.75) is 32.1 Å². The first-order chi connectivity index (χ1) is 11.1. The molecule has 0 aliphatic heterocycles. The lowest BCUT2D eigenvalue weighted by Crippen LogP contribution is -2.14. The number of aryl methyl sites for hydroxylation is 1. The number of benzene rings is 2. The summed E-state index contributed by atoms with van der Waals surface area (Å²) in [5.41, 5.74) is 2.86. The van der Waals surface area contributed by atoms with Gasteiger partial charge in [-0.2, -0.15) is 0 Å². The molecule has 0 N–H and O–H groups in total. The van der Waals surface area contributed by atoms with Crippen LogP contribution in [0, 0.1) is 23.4 Å². The summed E-state index contributed by atoms with van der Waals surface area (Å²) < 4.78 is 40.9. The van der Waals surface area contributed by atoms with Gasteiger partial charge in [-0.15, -0.1) is 6.58 Å². The van der Waals surface area contributed by atoms with Crippen LogP contribution in [0.5, 0.6) is 0 Å². The van der Waals surface area contributed by atoms with Crippen LogP contribution in [0.3, 0.4) is 0 Å². The molecular weight excluding hydrogens is 297 g/mol. The van der Waals surface area contributed by atoms with Gasteiger partial charge in [0, 0.05) is 5.56 Å². The van der Waals surface area contributed by atoms with E-state index >= 15 is 0 Å². The van der Waals surface area contributed by atoms with E-state index in [2.05, 4.69) is 6.58 Å². The molecule has 0 saturated heterocycles. The van der Waals surface area contributed by atoms with Crippen LogP contribution in [0.2, 0.25) is 0 Å². The quantitative estimate of drug-likeness (QED) is 0.621. The first kappa shape index (κ1) is 15.9. The molecule has 0 aromatic heterocycles. The zero-order chi connectivity index (χ0) is 16.4. The number of hydrogen-bond acceptors (Lipinski definition) is 0. The van der Waals surface area contributed by atoms with E-state index in [4.69, 9.17) is 0 Å². The molecule has 0 amide bonds. The van der Waals surface area contributed by atoms with Crippen LogP contribution in [-0.2, 0) is 12.8 Å². The smallest absolute Gasteiger partial charge is 0.159 e. The molecule has 3 heteroatoms. The highest BCUT2D eigenvalue weighted by Gasteiger charge is 2.21. The third kappa shape index (κ3) is 3.34. The minimum Gasteiger partial charge on any atom is -0.206 e. The maximum absolute atomic E-state index is 14.4. The fraction of sp³-hybridized carbons (Fsp3) is 0.300. The Morgan fingerprint density at radius 3 is 2.57 bits per heavy atom. The van der Waals surface area contributed by atoms with Gasteiger partial charge in [0.2, 0.25) is 0 Å². The molecule has 2 aromatic carbocycles. The van der Waals surface area contributed by atoms with E-state index < -0.39 is 11.6 Å². The minimum atomic E-state index is -0.955. The van der Waals surface area contributed by atoms with Crippen molar-refractivity contribution in [1.82, 2.24) is 0 Å². The molecule has 23 heavy (non-hydrogen) atoms. The van der Waals surface area contributed by atoms with Gasteiger partial charge in [-0.3, -0.25) is 0 Å². The molecule has 0 heterocycles. The third-order valence-electron chi connectivity index (χ3n) is 4.63. The summed E-state index contributed by atoms with van der Waals surface area (Å²) in [6.07, 6.45) is 6.82. The van der Waals surface area contributed by atoms with Crippen molar-refractivity contribution < 1.29 is 13.2 Å². The number of fused-ring (bicyclic) bond motifs is 1. The van der Waals surface area contributed by atoms with Gasteiger partial charge in [0.25, 0.3) is 0 Å². The standard InChI is InChI=1S/C20H19F3/c1-2-3-4-13-5-6-14-10-17(19(22)12-16(14)9-13)15-7-8-18(21)20(23)11-15/h2,7-8,10-13H,1,3-6,9H2. The van der Waals surface area contributed by atoms with Crippen molar-refractivity contribution in [3.8, 4) is 11.1 Å². The van der Waals surface area contributed by atoms with E-state index in [1.807, 2.05) is 6.08 Å². The lowest BCUT2D eigenvalue weighted by molar-refractivity contribution is 0.429. The maximum atomic E-state index is 14.4. The number of rotatable bonds is 4. The molecule has 1 unspecified atom stereocenters. The Morgan fingerprint density at radius 1 is 1.00 bits per heavy atom. The molecule has 1 atom stereocenters. The van der Waals surface area contributed by atoms with Gasteiger partial charge >= 0.3 is 0 Å². The zero-order valence-electron chi connectivity index (χ0n) is 12.9. The van der Waals surface area contributed by atoms with E-state index in [0.29, 0.717) is 17.0 Å². The summed E-state index contributed by atoms with van der Waals surface area (Å²) in [5.74, 6) is -1.69. The van der Waals surface area contributed by atoms with Gasteiger partial charge in [-0.1, -0.05) is 12.1 Å². The van der Waals surface area contributed by atoms with Crippen molar-refractivity contribution in [1.29, 1.82) is 0 Å². The van der Waals surface area contributed by atoms with E-state index in [0.717, 1.165) is 55.4 Å². The SMILES string of the molecule is C=CCCC1CCc2cc(-c3ccc(F)c(F)c3)c(F)cc2C1. The van der Waals surface area contributed by atoms with Crippen LogP contribution in [0.4, 0.5) is 13.2 Å². The first-order valence-electron chi connectivity index (χ1n) is 7.96. The summed E-state index contributed by atoms with van der Waals surface area (Å²) in [6, 6.07) is 6.86. The van der Waals surface area contributed by atoms with E-state index in [1.165, 1.54) is 6.07 Å². The highest BCUT2D eigenvalue weighted by atomic mass is 19.2. The van der Waals surface area contributed by atoms with E-state index in [-0.39, 0.29) is 5.82 Å². The Hall–Kier alpha value is -2.03. The fourth-order valence-corrected chi connectivity index (χ4v) is 3.34. The monoisotopic (exact) mass is 316 g/mol. The Bertz CT molecular complexity index is 734. The molecule has 0 spiro atoms. The first-order valence-corrected chi connectivity index (χ1v) is 7.96. The Balaban J connectivity index is 1.91. The molecule has 0 radical (unpaired) electrons. The molecular formula is C20H19F3. The van der Waals surface area contributed by atoms with Crippen LogP contribution in [-0.4, -0.2) is 0 Å². The number of allylic oxidation sites excluding steroid dienone is 1. The van der Waals surface area contributed by atoms with Crippen molar-refractivity contribution in [2.75, 3.05) is 0 Å². The Kier molecular flexibility index (Phi) is 4.56. The highest BCUT2D eigenvalue weighted by molar-refractivity contribution is 5.66. The number of halogens is 3. The third-order valence-corrected chi connectivity index (χ3v) is 4.63. The van der Waals surface area contributed by atoms with Crippen LogP contribution < -0.4 is 0 Å². The molecule has 2 aromatic rings. The molecule has 0 bridgehead atoms. The van der Waals surface area contributed by atoms with Crippen molar-refractivity contribution in [2.24, 2.45) is 5.92 Å². The molecule has 0 nitrogen and oxygen atoms in total. The van der Waals surface area contributed by atoms with Crippen LogP contribution in [0.15, 0.2) is 43.0 Å². The van der Waals surface area contributed by atoms with Gasteiger partial charge in [-0.05, 0) is 79.0 Å². The lowest BCUT2D eigenvalue weighted by atomic mass is 9.80. The van der Waals surface area contributed by atoms with Crippen molar-refractivity contribution in [3.05, 3.63) is 71.6 Å². The van der Waals surface area contributed by atoms with Crippen molar-refractivity contribution in [3.63, 3.8) is 0 Å². The van der Waals surface area contributed by atoms with Gasteiger partial charge in [0.15, 0.2) is 11.6 Å². The second-order valence-corrected chi connectivity index (χ2v) is 6.20. The molecule has 3 rings (SSSR count). The Labute approximate surface area is 134 Å². The summed E-state index contributed by atoms with van der Waals surface area (Å²) in [4.78, 5) is 0. The summed E-state index contributed by atoms with van der Waals surface area (Å²) >= 11 is 0. The van der Waals surface area contributed by atoms with Crippen LogP contribution >= 0.6 is 0 Å². The second-order valence-electron chi connectivity index (χ2n) is 6.20. The molecule has 1 aliphatic carbocycles. The average Bonchev–Trinajstić information content (AvgIpc) is 2.54. The topological polar surface area (TPSA) is 0 Å². The van der Waals surface area contributed by atoms with Crippen molar-refractivity contribution >= 4 is 0 Å². The minimum absolute atomic E-state index is 0.340. The average molecular weight is 316 g/mol. The maximum Gasteiger partial charge on any atom is 0.159 e. The normalized spacial score (nSPS) is 16.9. The highest BCUT2D eigenvalue weighted by Crippen LogP contribution is 2.34. The lowest BCUT2D eigenvalue weighted by Gasteiger charge is -2.25. The van der Waals surface area contributed by atoms with E-state index in [9.17, 15) is 13.2 Å². The summed E-state index contributed by atoms with van der Waals surface area (Å²) in [6.45, 7) is 3.74. The zero-order valence-corrected chi connectivity index (χ0v) is 12.9. The largest absolute Gasteiger partial charge is 0.206 e. The predicted molar refractivity (Wildman–Crippen MR) is 86.7 cm³/mol. The van der Waals surface area contributed by atoms with Crippen LogP contribution in [0.25, 0.3) is 11.1 Å². The molecule has 120 valence electrons. The molecule has 0 fully saturated rings. The number of hydrogen-bond donors (Lipinski definition) is 0. The van der Waals surface area contributed by atoms with Gasteiger partial charge in [0.1, 0.15) is 5.82 Å². The summed E-state index contributed by atoms with van der Waals surface area (Å²) in [5, 5.41) is 0. The van der Waals surface area contributed by atoms with Gasteiger partial charge < -0.3 is 0 Å². The van der Waals surface area contributed by atoms with Gasteiger partial charge in [-0.25, -0.2) is 13.2 Å². The fourth-order valence-electron chi connectivity index (χ4n) is 3.34.